The molecule has 0 bridgehead atoms. The van der Waals surface area contributed by atoms with Gasteiger partial charge < -0.3 is 14.9 Å². The van der Waals surface area contributed by atoms with E-state index in [4.69, 9.17) is 10.3 Å². The van der Waals surface area contributed by atoms with Crippen molar-refractivity contribution in [2.75, 3.05) is 13.7 Å². The van der Waals surface area contributed by atoms with Crippen LogP contribution in [0.1, 0.15) is 28.4 Å². The Morgan fingerprint density at radius 2 is 2.26 bits per heavy atom. The molecule has 0 amide bonds. The fourth-order valence-corrected chi connectivity index (χ4v) is 1.66. The lowest BCUT2D eigenvalue weighted by Gasteiger charge is -2.20. The first-order chi connectivity index (χ1) is 9.13. The van der Waals surface area contributed by atoms with Crippen molar-refractivity contribution in [3.8, 4) is 5.75 Å². The number of hydrogen-bond acceptors (Lipinski definition) is 5. The maximum atomic E-state index is 10.7. The monoisotopic (exact) mass is 265 g/mol. The lowest BCUT2D eigenvalue weighted by molar-refractivity contribution is 0.0137. The molecule has 0 radical (unpaired) electrons. The van der Waals surface area contributed by atoms with Gasteiger partial charge in [-0.2, -0.15) is 0 Å². The van der Waals surface area contributed by atoms with E-state index >= 15 is 0 Å². The van der Waals surface area contributed by atoms with Crippen LogP contribution < -0.4 is 4.74 Å². The second kappa shape index (κ2) is 7.38. The molecule has 0 saturated heterocycles. The van der Waals surface area contributed by atoms with E-state index in [1.165, 1.54) is 13.2 Å². The molecule has 19 heavy (non-hydrogen) atoms. The molecular formula is C12H15N3O4. The summed E-state index contributed by atoms with van der Waals surface area (Å²) in [6.07, 6.45) is -1.58. The molecule has 0 heterocycles. The van der Waals surface area contributed by atoms with Crippen LogP contribution in [0.4, 0.5) is 0 Å². The van der Waals surface area contributed by atoms with Crippen LogP contribution in [0.5, 0.6) is 5.75 Å². The highest BCUT2D eigenvalue weighted by Gasteiger charge is 2.21. The Labute approximate surface area is 110 Å². The van der Waals surface area contributed by atoms with Crippen LogP contribution in [0.2, 0.25) is 0 Å². The van der Waals surface area contributed by atoms with Crippen LogP contribution in [0.3, 0.4) is 0 Å². The molecule has 0 aliphatic rings. The summed E-state index contributed by atoms with van der Waals surface area (Å²) in [5.74, 6) is 0.376. The minimum Gasteiger partial charge on any atom is -0.496 e. The summed E-state index contributed by atoms with van der Waals surface area (Å²) in [6.45, 7) is 0.0738. The molecule has 0 spiro atoms. The van der Waals surface area contributed by atoms with Crippen molar-refractivity contribution < 1.29 is 19.7 Å². The number of ether oxygens (including phenoxy) is 1. The highest BCUT2D eigenvalue weighted by atomic mass is 16.5. The van der Waals surface area contributed by atoms with Crippen LogP contribution >= 0.6 is 0 Å². The molecule has 2 atom stereocenters. The van der Waals surface area contributed by atoms with Gasteiger partial charge >= 0.3 is 0 Å². The van der Waals surface area contributed by atoms with Crippen molar-refractivity contribution in [2.45, 2.75) is 18.6 Å². The minimum atomic E-state index is -1.22. The van der Waals surface area contributed by atoms with E-state index in [1.54, 1.807) is 12.1 Å². The molecule has 0 aliphatic heterocycles. The molecule has 1 aromatic rings. The van der Waals surface area contributed by atoms with Gasteiger partial charge in [0.1, 0.15) is 18.1 Å². The van der Waals surface area contributed by atoms with Gasteiger partial charge in [0, 0.05) is 22.6 Å². The molecule has 1 aromatic carbocycles. The van der Waals surface area contributed by atoms with Gasteiger partial charge in [-0.25, -0.2) is 0 Å². The number of nitrogens with zero attached hydrogens (tertiary/aromatic N) is 3. The Kier molecular flexibility index (Phi) is 5.81. The average Bonchev–Trinajstić information content (AvgIpc) is 2.45. The summed E-state index contributed by atoms with van der Waals surface area (Å²) >= 11 is 0. The quantitative estimate of drug-likeness (QED) is 0.337. The Morgan fingerprint density at radius 1 is 1.53 bits per heavy atom. The van der Waals surface area contributed by atoms with E-state index in [9.17, 15) is 15.0 Å². The number of benzene rings is 1. The number of carbonyl (C=O) groups excluding carboxylic acids is 1. The Hall–Kier alpha value is -2.08. The maximum Gasteiger partial charge on any atom is 0.150 e. The van der Waals surface area contributed by atoms with Crippen molar-refractivity contribution in [3.63, 3.8) is 0 Å². The average molecular weight is 265 g/mol. The highest BCUT2D eigenvalue weighted by Crippen LogP contribution is 2.29. The van der Waals surface area contributed by atoms with Crippen LogP contribution in [0.25, 0.3) is 10.4 Å². The molecule has 2 N–H and O–H groups in total. The third-order valence-electron chi connectivity index (χ3n) is 2.66. The van der Waals surface area contributed by atoms with Crippen molar-refractivity contribution in [1.82, 2.24) is 0 Å². The van der Waals surface area contributed by atoms with Crippen molar-refractivity contribution in [1.29, 1.82) is 0 Å². The van der Waals surface area contributed by atoms with Crippen molar-refractivity contribution in [3.05, 3.63) is 39.8 Å². The Bertz CT molecular complexity index is 486. The van der Waals surface area contributed by atoms with Crippen LogP contribution in [0.15, 0.2) is 23.3 Å². The number of carbonyl (C=O) groups is 1. The molecule has 0 fully saturated rings. The van der Waals surface area contributed by atoms with Gasteiger partial charge in [-0.1, -0.05) is 5.11 Å². The standard InChI is InChI=1S/C12H15N3O4/c1-19-11-3-2-8(7-16)6-9(11)12(18)10(17)4-5-14-15-13/h2-3,6-7,10,12,17-18H,4-5H2,1H3. The molecule has 0 aromatic heterocycles. The molecule has 102 valence electrons. The van der Waals surface area contributed by atoms with Gasteiger partial charge in [0.05, 0.1) is 13.2 Å². The van der Waals surface area contributed by atoms with E-state index in [0.717, 1.165) is 0 Å². The van der Waals surface area contributed by atoms with Crippen LogP contribution in [-0.4, -0.2) is 36.3 Å². The number of hydrogen-bond donors (Lipinski definition) is 2. The fraction of sp³-hybridized carbons (Fsp3) is 0.417. The number of azide groups is 1. The lowest BCUT2D eigenvalue weighted by atomic mass is 9.99. The van der Waals surface area contributed by atoms with Gasteiger partial charge in [0.25, 0.3) is 0 Å². The molecule has 0 saturated carbocycles. The first-order valence-electron chi connectivity index (χ1n) is 5.64. The van der Waals surface area contributed by atoms with Gasteiger partial charge in [0.2, 0.25) is 0 Å². The van der Waals surface area contributed by atoms with E-state index < -0.39 is 12.2 Å². The second-order valence-electron chi connectivity index (χ2n) is 3.87. The molecule has 2 unspecified atom stereocenters. The summed E-state index contributed by atoms with van der Waals surface area (Å²) in [5, 5.41) is 23.1. The number of aldehydes is 1. The van der Waals surface area contributed by atoms with E-state index in [-0.39, 0.29) is 13.0 Å². The third kappa shape index (κ3) is 3.96. The zero-order valence-corrected chi connectivity index (χ0v) is 10.4. The topological polar surface area (TPSA) is 116 Å². The van der Waals surface area contributed by atoms with Crippen molar-refractivity contribution in [2.24, 2.45) is 5.11 Å². The van der Waals surface area contributed by atoms with E-state index in [1.807, 2.05) is 0 Å². The highest BCUT2D eigenvalue weighted by molar-refractivity contribution is 5.75. The fourth-order valence-electron chi connectivity index (χ4n) is 1.66. The predicted octanol–water partition coefficient (Wildman–Crippen LogP) is 1.60. The number of methoxy groups -OCH3 is 1. The first kappa shape index (κ1) is 15.0. The van der Waals surface area contributed by atoms with Crippen molar-refractivity contribution >= 4 is 6.29 Å². The van der Waals surface area contributed by atoms with Gasteiger partial charge in [0.15, 0.2) is 0 Å². The molecular weight excluding hydrogens is 250 g/mol. The Morgan fingerprint density at radius 3 is 2.84 bits per heavy atom. The summed E-state index contributed by atoms with van der Waals surface area (Å²) in [5.41, 5.74) is 8.83. The summed E-state index contributed by atoms with van der Waals surface area (Å²) in [6, 6.07) is 4.55. The zero-order valence-electron chi connectivity index (χ0n) is 10.4. The van der Waals surface area contributed by atoms with Gasteiger partial charge in [-0.3, -0.25) is 4.79 Å². The second-order valence-corrected chi connectivity index (χ2v) is 3.87. The minimum absolute atomic E-state index is 0.0738. The molecule has 7 heteroatoms. The lowest BCUT2D eigenvalue weighted by Crippen LogP contribution is -2.20. The van der Waals surface area contributed by atoms with E-state index in [0.29, 0.717) is 23.2 Å². The number of aliphatic hydroxyl groups excluding tert-OH is 2. The van der Waals surface area contributed by atoms with Gasteiger partial charge in [-0.15, -0.1) is 0 Å². The summed E-state index contributed by atoms with van der Waals surface area (Å²) in [4.78, 5) is 13.3. The molecule has 0 aliphatic carbocycles. The number of rotatable bonds is 7. The molecule has 7 nitrogen and oxygen atoms in total. The van der Waals surface area contributed by atoms with Crippen LogP contribution in [0, 0.1) is 0 Å². The molecule has 1 rings (SSSR count). The SMILES string of the molecule is COc1ccc(C=O)cc1C(O)C(O)CCN=[N+]=[N-]. The maximum absolute atomic E-state index is 10.7. The zero-order chi connectivity index (χ0) is 14.3. The third-order valence-corrected chi connectivity index (χ3v) is 2.66. The first-order valence-corrected chi connectivity index (χ1v) is 5.64. The predicted molar refractivity (Wildman–Crippen MR) is 68.0 cm³/mol. The van der Waals surface area contributed by atoms with E-state index in [2.05, 4.69) is 10.0 Å². The summed E-state index contributed by atoms with van der Waals surface area (Å²) < 4.78 is 5.07. The number of aliphatic hydroxyl groups is 2. The van der Waals surface area contributed by atoms with Gasteiger partial charge in [-0.05, 0) is 30.2 Å². The normalized spacial score (nSPS) is 13.2. The van der Waals surface area contributed by atoms with Crippen LogP contribution in [-0.2, 0) is 0 Å². The smallest absolute Gasteiger partial charge is 0.150 e. The largest absolute Gasteiger partial charge is 0.496 e. The Balaban J connectivity index is 2.92. The summed E-state index contributed by atoms with van der Waals surface area (Å²) in [7, 11) is 1.43.